The fourth-order valence-corrected chi connectivity index (χ4v) is 0. The molecule has 0 bridgehead atoms. The summed E-state index contributed by atoms with van der Waals surface area (Å²) < 4.78 is 0.414. The summed E-state index contributed by atoms with van der Waals surface area (Å²) in [5, 5.41) is 0. The van der Waals surface area contributed by atoms with Gasteiger partial charge in [0.05, 0.1) is 4.43 Å². The number of amides is 1. The molecule has 1 radical (unpaired) electrons. The number of carbonyl (C=O) groups is 1. The molecule has 0 atom stereocenters. The number of carbonyl (C=O) groups excluding carboxylic acids is 1. The molecule has 0 aliphatic heterocycles. The third-order valence-electron chi connectivity index (χ3n) is 0.132. The number of hydrogen-bond acceptors (Lipinski definition) is 1. The molecule has 2 N–H and O–H groups in total. The first-order chi connectivity index (χ1) is 2.27. The van der Waals surface area contributed by atoms with Gasteiger partial charge in [0.1, 0.15) is 0 Å². The SMILES string of the molecule is NC(=O)CI.[Na]. The van der Waals surface area contributed by atoms with Crippen molar-refractivity contribution in [3.8, 4) is 0 Å². The van der Waals surface area contributed by atoms with Gasteiger partial charge < -0.3 is 5.73 Å². The normalized spacial score (nSPS) is 6.17. The Labute approximate surface area is 72.3 Å². The van der Waals surface area contributed by atoms with Crippen LogP contribution in [0.1, 0.15) is 0 Å². The van der Waals surface area contributed by atoms with Crippen LogP contribution in [0, 0.1) is 0 Å². The van der Waals surface area contributed by atoms with Gasteiger partial charge in [0.15, 0.2) is 0 Å². The Balaban J connectivity index is 0. The van der Waals surface area contributed by atoms with Crippen LogP contribution in [-0.2, 0) is 4.79 Å². The molecular weight excluding hydrogens is 204 g/mol. The van der Waals surface area contributed by atoms with Crippen molar-refractivity contribution in [3.63, 3.8) is 0 Å². The Morgan fingerprint density at radius 3 is 2.00 bits per heavy atom. The maximum atomic E-state index is 9.58. The van der Waals surface area contributed by atoms with E-state index in [-0.39, 0.29) is 35.5 Å². The van der Waals surface area contributed by atoms with Crippen molar-refractivity contribution in [2.75, 3.05) is 4.43 Å². The minimum absolute atomic E-state index is 0. The Hall–Kier alpha value is 1.20. The summed E-state index contributed by atoms with van der Waals surface area (Å²) in [7, 11) is 0. The van der Waals surface area contributed by atoms with E-state index in [1.54, 1.807) is 0 Å². The Morgan fingerprint density at radius 1 is 1.83 bits per heavy atom. The fraction of sp³-hybridized carbons (Fsp3) is 0.500. The summed E-state index contributed by atoms with van der Waals surface area (Å²) >= 11 is 1.90. The minimum Gasteiger partial charge on any atom is -0.369 e. The molecule has 0 aromatic rings. The number of hydrogen-bond donors (Lipinski definition) is 1. The number of rotatable bonds is 1. The van der Waals surface area contributed by atoms with E-state index >= 15 is 0 Å². The number of primary amides is 1. The van der Waals surface area contributed by atoms with Crippen molar-refractivity contribution in [2.24, 2.45) is 5.73 Å². The third kappa shape index (κ3) is 8.96. The van der Waals surface area contributed by atoms with Crippen LogP contribution in [-0.4, -0.2) is 39.9 Å². The molecule has 0 aromatic carbocycles. The van der Waals surface area contributed by atoms with Gasteiger partial charge in [0.2, 0.25) is 5.91 Å². The van der Waals surface area contributed by atoms with Gasteiger partial charge in [-0.15, -0.1) is 0 Å². The average molecular weight is 208 g/mol. The van der Waals surface area contributed by atoms with Crippen LogP contribution in [0.4, 0.5) is 0 Å². The molecule has 0 aromatic heterocycles. The first-order valence-corrected chi connectivity index (χ1v) is 2.64. The Bertz CT molecular complexity index is 48.8. The molecule has 4 heteroatoms. The summed E-state index contributed by atoms with van der Waals surface area (Å²) in [6.07, 6.45) is 0. The molecule has 0 fully saturated rings. The maximum Gasteiger partial charge on any atom is 0.227 e. The van der Waals surface area contributed by atoms with Crippen LogP contribution in [0.5, 0.6) is 0 Å². The Morgan fingerprint density at radius 2 is 2.00 bits per heavy atom. The molecule has 31 valence electrons. The van der Waals surface area contributed by atoms with Gasteiger partial charge in [0.25, 0.3) is 0 Å². The quantitative estimate of drug-likeness (QED) is 0.353. The van der Waals surface area contributed by atoms with E-state index in [1.165, 1.54) is 0 Å². The second-order valence-electron chi connectivity index (χ2n) is 0.600. The third-order valence-corrected chi connectivity index (χ3v) is 0.884. The number of alkyl halides is 1. The molecule has 0 spiro atoms. The first-order valence-electron chi connectivity index (χ1n) is 1.11. The van der Waals surface area contributed by atoms with Crippen molar-refractivity contribution in [1.29, 1.82) is 0 Å². The summed E-state index contributed by atoms with van der Waals surface area (Å²) in [5.74, 6) is -0.259. The van der Waals surface area contributed by atoms with E-state index < -0.39 is 0 Å². The van der Waals surface area contributed by atoms with Gasteiger partial charge in [-0.2, -0.15) is 0 Å². The van der Waals surface area contributed by atoms with E-state index in [0.29, 0.717) is 4.43 Å². The number of nitrogens with two attached hydrogens (primary N) is 1. The fourth-order valence-electron chi connectivity index (χ4n) is 0. The standard InChI is InChI=1S/C2H4INO.Na/c3-1-2(4)5;/h1H2,(H2,4,5);. The molecule has 2 nitrogen and oxygen atoms in total. The van der Waals surface area contributed by atoms with Crippen molar-refractivity contribution in [3.05, 3.63) is 0 Å². The zero-order valence-electron chi connectivity index (χ0n) is 3.57. The van der Waals surface area contributed by atoms with Crippen molar-refractivity contribution < 1.29 is 4.79 Å². The molecule has 0 heterocycles. The van der Waals surface area contributed by atoms with E-state index in [9.17, 15) is 4.79 Å². The van der Waals surface area contributed by atoms with Crippen molar-refractivity contribution in [2.45, 2.75) is 0 Å². The summed E-state index contributed by atoms with van der Waals surface area (Å²) in [5.41, 5.74) is 4.65. The Kier molecular flexibility index (Phi) is 10.6. The molecule has 6 heavy (non-hydrogen) atoms. The number of halogens is 1. The van der Waals surface area contributed by atoms with Gasteiger partial charge in [-0.1, -0.05) is 22.6 Å². The average Bonchev–Trinajstić information content (AvgIpc) is 1.38. The smallest absolute Gasteiger partial charge is 0.227 e. The molecule has 0 aliphatic rings. The zero-order chi connectivity index (χ0) is 4.28. The summed E-state index contributed by atoms with van der Waals surface area (Å²) in [4.78, 5) is 9.58. The summed E-state index contributed by atoms with van der Waals surface area (Å²) in [6, 6.07) is 0. The molecule has 0 unspecified atom stereocenters. The molecule has 0 rings (SSSR count). The van der Waals surface area contributed by atoms with Crippen LogP contribution in [0.15, 0.2) is 0 Å². The molecule has 0 aliphatic carbocycles. The van der Waals surface area contributed by atoms with Gasteiger partial charge >= 0.3 is 0 Å². The minimum atomic E-state index is -0.259. The monoisotopic (exact) mass is 208 g/mol. The van der Waals surface area contributed by atoms with E-state index in [2.05, 4.69) is 5.73 Å². The van der Waals surface area contributed by atoms with Gasteiger partial charge in [-0.25, -0.2) is 0 Å². The largest absolute Gasteiger partial charge is 0.369 e. The topological polar surface area (TPSA) is 43.1 Å². The maximum absolute atomic E-state index is 9.58. The van der Waals surface area contributed by atoms with Crippen LogP contribution in [0.3, 0.4) is 0 Å². The van der Waals surface area contributed by atoms with Gasteiger partial charge in [-0.05, 0) is 0 Å². The van der Waals surface area contributed by atoms with Crippen molar-refractivity contribution in [1.82, 2.24) is 0 Å². The van der Waals surface area contributed by atoms with E-state index in [4.69, 9.17) is 0 Å². The zero-order valence-corrected chi connectivity index (χ0v) is 7.73. The summed E-state index contributed by atoms with van der Waals surface area (Å²) in [6.45, 7) is 0. The second-order valence-corrected chi connectivity index (χ2v) is 1.36. The van der Waals surface area contributed by atoms with Crippen LogP contribution in [0.25, 0.3) is 0 Å². The predicted octanol–water partition coefficient (Wildman–Crippen LogP) is -0.474. The van der Waals surface area contributed by atoms with Crippen molar-refractivity contribution >= 4 is 58.1 Å². The molecule has 0 saturated heterocycles. The molecule has 0 saturated carbocycles. The van der Waals surface area contributed by atoms with Crippen LogP contribution < -0.4 is 5.73 Å². The van der Waals surface area contributed by atoms with Gasteiger partial charge in [-0.3, -0.25) is 4.79 Å². The predicted molar refractivity (Wildman–Crippen MR) is 33.8 cm³/mol. The molecule has 1 amide bonds. The first kappa shape index (κ1) is 10.2. The van der Waals surface area contributed by atoms with E-state index in [1.807, 2.05) is 22.6 Å². The van der Waals surface area contributed by atoms with Crippen LogP contribution >= 0.6 is 22.6 Å². The van der Waals surface area contributed by atoms with Gasteiger partial charge in [0, 0.05) is 29.6 Å². The van der Waals surface area contributed by atoms with E-state index in [0.717, 1.165) is 0 Å². The molecular formula is C2H4INNaO. The second kappa shape index (κ2) is 6.20. The van der Waals surface area contributed by atoms with Crippen LogP contribution in [0.2, 0.25) is 0 Å².